The van der Waals surface area contributed by atoms with Crippen LogP contribution in [0, 0.1) is 17.6 Å². The number of hydrogen-bond acceptors (Lipinski definition) is 2. The fourth-order valence-corrected chi connectivity index (χ4v) is 2.82. The minimum absolute atomic E-state index is 0.0657. The van der Waals surface area contributed by atoms with Crippen LogP contribution in [0.2, 0.25) is 0 Å². The Morgan fingerprint density at radius 1 is 1.20 bits per heavy atom. The number of nitrogens with one attached hydrogen (secondary N) is 1. The first-order valence-electron chi connectivity index (χ1n) is 7.37. The molecule has 20 heavy (non-hydrogen) atoms. The van der Waals surface area contributed by atoms with E-state index in [1.807, 2.05) is 0 Å². The standard InChI is InChI=1S/C16H24F2N2/c1-11(2)16(14-5-4-12(17)10-15(14)18)19-13-6-8-20(3)9-7-13/h4-5,10-11,13,16,19H,6-9H2,1-3H3/t16-/m0/s1. The average molecular weight is 282 g/mol. The normalized spacial score (nSPS) is 19.5. The lowest BCUT2D eigenvalue weighted by molar-refractivity contribution is 0.213. The van der Waals surface area contributed by atoms with Crippen molar-refractivity contribution in [1.29, 1.82) is 0 Å². The molecule has 112 valence electrons. The maximum absolute atomic E-state index is 14.0. The fourth-order valence-electron chi connectivity index (χ4n) is 2.82. The molecule has 2 nitrogen and oxygen atoms in total. The molecule has 2 rings (SSSR count). The molecule has 0 amide bonds. The first kappa shape index (κ1) is 15.4. The highest BCUT2D eigenvalue weighted by Gasteiger charge is 2.25. The van der Waals surface area contributed by atoms with Gasteiger partial charge in [0.25, 0.3) is 0 Å². The second kappa shape index (κ2) is 6.64. The Bertz CT molecular complexity index is 440. The minimum atomic E-state index is -0.520. The fraction of sp³-hybridized carbons (Fsp3) is 0.625. The van der Waals surface area contributed by atoms with E-state index < -0.39 is 11.6 Å². The summed E-state index contributed by atoms with van der Waals surface area (Å²) in [6.07, 6.45) is 2.14. The third-order valence-corrected chi connectivity index (χ3v) is 4.10. The van der Waals surface area contributed by atoms with Crippen LogP contribution in [-0.2, 0) is 0 Å². The highest BCUT2D eigenvalue weighted by Crippen LogP contribution is 2.26. The van der Waals surface area contributed by atoms with Crippen LogP contribution in [0.3, 0.4) is 0 Å². The number of rotatable bonds is 4. The van der Waals surface area contributed by atoms with Gasteiger partial charge in [0, 0.05) is 23.7 Å². The Balaban J connectivity index is 2.11. The van der Waals surface area contributed by atoms with Gasteiger partial charge >= 0.3 is 0 Å². The van der Waals surface area contributed by atoms with Gasteiger partial charge in [-0.05, 0) is 45.0 Å². The van der Waals surface area contributed by atoms with E-state index in [9.17, 15) is 8.78 Å². The van der Waals surface area contributed by atoms with Crippen molar-refractivity contribution in [2.75, 3.05) is 20.1 Å². The van der Waals surface area contributed by atoms with Gasteiger partial charge in [-0.2, -0.15) is 0 Å². The van der Waals surface area contributed by atoms with Crippen molar-refractivity contribution < 1.29 is 8.78 Å². The summed E-state index contributed by atoms with van der Waals surface area (Å²) in [4.78, 5) is 2.31. The van der Waals surface area contributed by atoms with Gasteiger partial charge in [-0.3, -0.25) is 0 Å². The van der Waals surface area contributed by atoms with Gasteiger partial charge in [-0.25, -0.2) is 8.78 Å². The van der Waals surface area contributed by atoms with E-state index in [2.05, 4.69) is 31.1 Å². The zero-order valence-corrected chi connectivity index (χ0v) is 12.5. The van der Waals surface area contributed by atoms with Crippen molar-refractivity contribution >= 4 is 0 Å². The lowest BCUT2D eigenvalue weighted by Gasteiger charge is -2.34. The Hall–Kier alpha value is -1.00. The average Bonchev–Trinajstić information content (AvgIpc) is 2.39. The van der Waals surface area contributed by atoms with E-state index in [4.69, 9.17) is 0 Å². The van der Waals surface area contributed by atoms with Crippen molar-refractivity contribution in [1.82, 2.24) is 10.2 Å². The molecule has 0 radical (unpaired) electrons. The molecule has 0 bridgehead atoms. The Morgan fingerprint density at radius 2 is 1.85 bits per heavy atom. The van der Waals surface area contributed by atoms with Gasteiger partial charge in [0.2, 0.25) is 0 Å². The number of likely N-dealkylation sites (tertiary alicyclic amines) is 1. The molecule has 1 atom stereocenters. The number of hydrogen-bond donors (Lipinski definition) is 1. The summed E-state index contributed by atoms with van der Waals surface area (Å²) in [6, 6.07) is 4.22. The molecule has 0 spiro atoms. The smallest absolute Gasteiger partial charge is 0.130 e. The molecule has 1 aromatic carbocycles. The summed E-state index contributed by atoms with van der Waals surface area (Å²) in [6.45, 7) is 6.26. The molecule has 1 fully saturated rings. The summed E-state index contributed by atoms with van der Waals surface area (Å²) < 4.78 is 27.0. The van der Waals surface area contributed by atoms with E-state index in [1.54, 1.807) is 6.07 Å². The molecule has 1 N–H and O–H groups in total. The van der Waals surface area contributed by atoms with Gasteiger partial charge in [-0.1, -0.05) is 19.9 Å². The summed E-state index contributed by atoms with van der Waals surface area (Å²) in [5, 5.41) is 3.56. The number of benzene rings is 1. The second-order valence-electron chi connectivity index (χ2n) is 6.13. The second-order valence-corrected chi connectivity index (χ2v) is 6.13. The molecule has 0 saturated carbocycles. The predicted octanol–water partition coefficient (Wildman–Crippen LogP) is 3.35. The van der Waals surface area contributed by atoms with E-state index in [0.29, 0.717) is 11.6 Å². The van der Waals surface area contributed by atoms with Gasteiger partial charge in [-0.15, -0.1) is 0 Å². The molecule has 1 aromatic rings. The summed E-state index contributed by atoms with van der Waals surface area (Å²) >= 11 is 0. The molecule has 0 unspecified atom stereocenters. The molecule has 1 saturated heterocycles. The lowest BCUT2D eigenvalue weighted by Crippen LogP contribution is -2.43. The van der Waals surface area contributed by atoms with Crippen molar-refractivity contribution in [3.05, 3.63) is 35.4 Å². The minimum Gasteiger partial charge on any atom is -0.307 e. The van der Waals surface area contributed by atoms with E-state index in [1.165, 1.54) is 6.07 Å². The highest BCUT2D eigenvalue weighted by molar-refractivity contribution is 5.23. The molecular weight excluding hydrogens is 258 g/mol. The lowest BCUT2D eigenvalue weighted by atomic mass is 9.93. The monoisotopic (exact) mass is 282 g/mol. The van der Waals surface area contributed by atoms with Crippen LogP contribution in [0.15, 0.2) is 18.2 Å². The molecule has 1 aliphatic heterocycles. The Labute approximate surface area is 120 Å². The topological polar surface area (TPSA) is 15.3 Å². The van der Waals surface area contributed by atoms with Gasteiger partial charge in [0.1, 0.15) is 11.6 Å². The van der Waals surface area contributed by atoms with Gasteiger partial charge in [0.05, 0.1) is 0 Å². The van der Waals surface area contributed by atoms with Crippen LogP contribution in [-0.4, -0.2) is 31.1 Å². The molecule has 1 aliphatic rings. The highest BCUT2D eigenvalue weighted by atomic mass is 19.1. The predicted molar refractivity (Wildman–Crippen MR) is 77.6 cm³/mol. The quantitative estimate of drug-likeness (QED) is 0.911. The zero-order valence-electron chi connectivity index (χ0n) is 12.5. The SMILES string of the molecule is CC(C)[C@H](NC1CCN(C)CC1)c1ccc(F)cc1F. The zero-order chi connectivity index (χ0) is 14.7. The van der Waals surface area contributed by atoms with Crippen LogP contribution in [0.1, 0.15) is 38.3 Å². The van der Waals surface area contributed by atoms with Crippen molar-refractivity contribution in [2.45, 2.75) is 38.8 Å². The third-order valence-electron chi connectivity index (χ3n) is 4.10. The van der Waals surface area contributed by atoms with Crippen LogP contribution < -0.4 is 5.32 Å². The first-order chi connectivity index (χ1) is 9.47. The third kappa shape index (κ3) is 3.76. The molecular formula is C16H24F2N2. The molecule has 0 aromatic heterocycles. The van der Waals surface area contributed by atoms with Crippen LogP contribution in [0.5, 0.6) is 0 Å². The summed E-state index contributed by atoms with van der Waals surface area (Å²) in [5.41, 5.74) is 0.570. The van der Waals surface area contributed by atoms with Crippen molar-refractivity contribution in [3.8, 4) is 0 Å². The van der Waals surface area contributed by atoms with Crippen LogP contribution in [0.25, 0.3) is 0 Å². The maximum Gasteiger partial charge on any atom is 0.130 e. The summed E-state index contributed by atoms with van der Waals surface area (Å²) in [7, 11) is 2.12. The largest absolute Gasteiger partial charge is 0.307 e. The molecule has 4 heteroatoms. The summed E-state index contributed by atoms with van der Waals surface area (Å²) in [5.74, 6) is -0.716. The van der Waals surface area contributed by atoms with Crippen LogP contribution >= 0.6 is 0 Å². The first-order valence-corrected chi connectivity index (χ1v) is 7.37. The number of halogens is 2. The van der Waals surface area contributed by atoms with E-state index in [0.717, 1.165) is 32.0 Å². The van der Waals surface area contributed by atoms with Crippen molar-refractivity contribution in [3.63, 3.8) is 0 Å². The number of nitrogens with zero attached hydrogens (tertiary/aromatic N) is 1. The van der Waals surface area contributed by atoms with Gasteiger partial charge in [0.15, 0.2) is 0 Å². The number of piperidine rings is 1. The van der Waals surface area contributed by atoms with E-state index >= 15 is 0 Å². The van der Waals surface area contributed by atoms with E-state index in [-0.39, 0.29) is 12.0 Å². The Morgan fingerprint density at radius 3 is 2.40 bits per heavy atom. The van der Waals surface area contributed by atoms with Gasteiger partial charge < -0.3 is 10.2 Å². The van der Waals surface area contributed by atoms with Crippen molar-refractivity contribution in [2.24, 2.45) is 5.92 Å². The Kier molecular flexibility index (Phi) is 5.11. The maximum atomic E-state index is 14.0. The van der Waals surface area contributed by atoms with Crippen LogP contribution in [0.4, 0.5) is 8.78 Å². The molecule has 1 heterocycles. The molecule has 0 aliphatic carbocycles.